The van der Waals surface area contributed by atoms with Gasteiger partial charge < -0.3 is 10.2 Å². The second-order valence-corrected chi connectivity index (χ2v) is 25.0. The molecule has 1 aliphatic heterocycles. The van der Waals surface area contributed by atoms with Crippen molar-refractivity contribution in [3.8, 4) is 0 Å². The van der Waals surface area contributed by atoms with Gasteiger partial charge in [0, 0.05) is 44.2 Å². The van der Waals surface area contributed by atoms with Crippen molar-refractivity contribution in [2.24, 2.45) is 16.2 Å². The smallest absolute Gasteiger partial charge is 0.261 e. The second-order valence-electron chi connectivity index (χ2n) is 23.7. The molecule has 4 heteroatoms. The number of allylic oxidation sites excluding steroid dienone is 8. The lowest BCUT2D eigenvalue weighted by molar-refractivity contribution is 0.332. The second kappa shape index (κ2) is 15.5. The summed E-state index contributed by atoms with van der Waals surface area (Å²) in [6.45, 7) is 37.9. The molecule has 1 saturated carbocycles. The van der Waals surface area contributed by atoms with E-state index in [2.05, 4.69) is 211 Å². The molecule has 4 aliphatic carbocycles. The first-order chi connectivity index (χ1) is 30.0. The van der Waals surface area contributed by atoms with Gasteiger partial charge >= 0.3 is 0 Å². The molecule has 2 atom stereocenters. The third kappa shape index (κ3) is 7.58. The molecule has 9 rings (SSSR count). The summed E-state index contributed by atoms with van der Waals surface area (Å²) in [5.74, 6) is 0.363. The van der Waals surface area contributed by atoms with E-state index in [1.807, 2.05) is 11.3 Å². The fourth-order valence-electron chi connectivity index (χ4n) is 12.5. The van der Waals surface area contributed by atoms with Crippen molar-refractivity contribution in [3.63, 3.8) is 0 Å². The van der Waals surface area contributed by atoms with Crippen LogP contribution in [0.3, 0.4) is 0 Å². The van der Waals surface area contributed by atoms with E-state index in [-0.39, 0.29) is 39.8 Å². The van der Waals surface area contributed by atoms with Crippen LogP contribution in [0.25, 0.3) is 6.08 Å². The van der Waals surface area contributed by atoms with Gasteiger partial charge in [-0.1, -0.05) is 155 Å². The highest BCUT2D eigenvalue weighted by molar-refractivity contribution is 7.28. The van der Waals surface area contributed by atoms with E-state index in [0.717, 1.165) is 12.8 Å². The zero-order valence-corrected chi connectivity index (χ0v) is 42.4. The van der Waals surface area contributed by atoms with Crippen molar-refractivity contribution in [1.82, 2.24) is 0 Å². The highest BCUT2D eigenvalue weighted by Gasteiger charge is 2.47. The highest BCUT2D eigenvalue weighted by Crippen LogP contribution is 2.58. The molecule has 1 N–H and O–H groups in total. The maximum absolute atomic E-state index is 4.37. The minimum absolute atomic E-state index is 0.0555. The lowest BCUT2D eigenvalue weighted by Crippen LogP contribution is -2.51. The van der Waals surface area contributed by atoms with Crippen LogP contribution in [0.4, 0.5) is 22.7 Å². The molecular weight excluding hydrogens is 792 g/mol. The number of fused-ring (bicyclic) bond motifs is 4. The molecule has 1 aromatic heterocycles. The van der Waals surface area contributed by atoms with E-state index in [9.17, 15) is 0 Å². The van der Waals surface area contributed by atoms with E-state index < -0.39 is 0 Å². The summed E-state index contributed by atoms with van der Waals surface area (Å²) in [5.41, 5.74) is 21.1. The van der Waals surface area contributed by atoms with Crippen LogP contribution in [0.1, 0.15) is 152 Å². The number of hydrogen-bond acceptors (Lipinski definition) is 3. The molecule has 1 fully saturated rings. The van der Waals surface area contributed by atoms with E-state index in [4.69, 9.17) is 0 Å². The normalized spacial score (nSPS) is 22.7. The Morgan fingerprint density at radius 2 is 1.53 bits per heavy atom. The lowest BCUT2D eigenvalue weighted by atomic mass is 9.36. The van der Waals surface area contributed by atoms with Gasteiger partial charge in [-0.25, -0.2) is 0 Å². The maximum atomic E-state index is 4.37. The zero-order chi connectivity index (χ0) is 45.9. The molecule has 2 nitrogen and oxygen atoms in total. The largest absolute Gasteiger partial charge is 0.379 e. The van der Waals surface area contributed by atoms with Crippen LogP contribution in [0.2, 0.25) is 0 Å². The molecule has 4 aromatic rings. The summed E-state index contributed by atoms with van der Waals surface area (Å²) >= 11 is 2.00. The predicted octanol–water partition coefficient (Wildman–Crippen LogP) is 15.7. The number of benzene rings is 3. The van der Waals surface area contributed by atoms with Gasteiger partial charge in [-0.2, -0.15) is 11.3 Å². The van der Waals surface area contributed by atoms with Crippen LogP contribution in [0.15, 0.2) is 120 Å². The Labute approximate surface area is 391 Å². The van der Waals surface area contributed by atoms with Gasteiger partial charge in [0.25, 0.3) is 6.71 Å². The van der Waals surface area contributed by atoms with Crippen molar-refractivity contribution in [2.45, 2.75) is 152 Å². The van der Waals surface area contributed by atoms with Gasteiger partial charge in [0.05, 0.1) is 5.69 Å². The Hall–Kier alpha value is -4.54. The monoisotopic (exact) mass is 865 g/mol. The average molecular weight is 865 g/mol. The topological polar surface area (TPSA) is 15.3 Å². The number of anilines is 4. The van der Waals surface area contributed by atoms with Crippen LogP contribution in [-0.2, 0) is 10.8 Å². The number of nitrogens with zero attached hydrogens (tertiary/aromatic N) is 1. The maximum Gasteiger partial charge on any atom is 0.261 e. The molecule has 5 aliphatic rings. The SMILES string of the molecule is C=C/C(=C\c1c(C)sc2c1N(c1ccc3c(c1)C(C)(C)CCC3(C)C)c1cc(C)cc(NC3C=C4C(=CC3)C(C)(C)CC4(C)C)c1B2C1=CCC(c2ccccc2C)C=C1)C(C)(C)C. The number of rotatable bonds is 7. The number of thiophene rings is 1. The molecule has 2 unspecified atom stereocenters. The summed E-state index contributed by atoms with van der Waals surface area (Å²) in [6.07, 6.45) is 22.8. The summed E-state index contributed by atoms with van der Waals surface area (Å²) < 4.78 is 1.42. The Morgan fingerprint density at radius 3 is 2.20 bits per heavy atom. The van der Waals surface area contributed by atoms with Gasteiger partial charge in [0.15, 0.2) is 0 Å². The summed E-state index contributed by atoms with van der Waals surface area (Å²) in [7, 11) is 0. The Kier molecular flexibility index (Phi) is 10.8. The minimum atomic E-state index is -0.0555. The van der Waals surface area contributed by atoms with Crippen molar-refractivity contribution >= 4 is 57.1 Å². The van der Waals surface area contributed by atoms with E-state index in [1.54, 1.807) is 5.57 Å². The summed E-state index contributed by atoms with van der Waals surface area (Å²) in [4.78, 5) is 4.03. The van der Waals surface area contributed by atoms with Crippen LogP contribution < -0.4 is 20.5 Å². The van der Waals surface area contributed by atoms with Gasteiger partial charge in [-0.15, -0.1) is 0 Å². The molecule has 3 aromatic carbocycles. The first-order valence-corrected chi connectivity index (χ1v) is 25.0. The third-order valence-corrected chi connectivity index (χ3v) is 17.1. The quantitative estimate of drug-likeness (QED) is 0.147. The molecule has 0 spiro atoms. The number of nitrogens with one attached hydrogen (secondary N) is 1. The van der Waals surface area contributed by atoms with Crippen molar-refractivity contribution in [2.75, 3.05) is 10.2 Å². The van der Waals surface area contributed by atoms with E-state index in [0.29, 0.717) is 5.92 Å². The Balaban J connectivity index is 1.29. The van der Waals surface area contributed by atoms with Crippen molar-refractivity contribution in [3.05, 3.63) is 158 Å². The van der Waals surface area contributed by atoms with Crippen LogP contribution in [0, 0.1) is 37.0 Å². The zero-order valence-electron chi connectivity index (χ0n) is 41.6. The summed E-state index contributed by atoms with van der Waals surface area (Å²) in [6, 6.07) is 21.6. The van der Waals surface area contributed by atoms with Gasteiger partial charge in [-0.05, 0) is 160 Å². The van der Waals surface area contributed by atoms with Crippen LogP contribution >= 0.6 is 11.3 Å². The standard InChI is InChI=1S/C60H73BN2S/c1-16-41(56(5,6)7)33-46-39(4)64-55-54(46)63(44-26-28-47-50(35-44)58(10,11)30-29-57(47,8)9)52-32-37(2)31-51(62-43-25-27-48-49(34-43)60(14,15)36-59(48,12)13)53(52)61(55)42-23-21-40(22-24-42)45-20-18-17-19-38(45)3/h16-21,23-24,26-28,31-35,40,43,62H,1,22,25,29-30,36H2,2-15H3/b41-33+. The van der Waals surface area contributed by atoms with Crippen LogP contribution in [0.5, 0.6) is 0 Å². The third-order valence-electron chi connectivity index (χ3n) is 15.9. The Morgan fingerprint density at radius 1 is 0.828 bits per heavy atom. The Bertz CT molecular complexity index is 2730. The molecule has 332 valence electrons. The van der Waals surface area contributed by atoms with Gasteiger partial charge in [-0.3, -0.25) is 0 Å². The number of aryl methyl sites for hydroxylation is 3. The van der Waals surface area contributed by atoms with E-state index >= 15 is 0 Å². The van der Waals surface area contributed by atoms with Gasteiger partial charge in [0.2, 0.25) is 0 Å². The molecule has 0 radical (unpaired) electrons. The van der Waals surface area contributed by atoms with Crippen molar-refractivity contribution < 1.29 is 0 Å². The molecule has 0 bridgehead atoms. The predicted molar refractivity (Wildman–Crippen MR) is 283 cm³/mol. The number of hydrogen-bond donors (Lipinski definition) is 1. The van der Waals surface area contributed by atoms with Crippen LogP contribution in [-0.4, -0.2) is 12.8 Å². The fourth-order valence-corrected chi connectivity index (χ4v) is 13.7. The molecule has 2 heterocycles. The van der Waals surface area contributed by atoms with Gasteiger partial charge in [0.1, 0.15) is 0 Å². The first kappa shape index (κ1) is 44.7. The lowest BCUT2D eigenvalue weighted by Gasteiger charge is -2.43. The van der Waals surface area contributed by atoms with E-state index in [1.165, 1.54) is 107 Å². The molecule has 64 heavy (non-hydrogen) atoms. The highest BCUT2D eigenvalue weighted by atomic mass is 32.1. The average Bonchev–Trinajstić information content (AvgIpc) is 3.63. The summed E-state index contributed by atoms with van der Waals surface area (Å²) in [5, 5.41) is 4.28. The molecule has 0 amide bonds. The minimum Gasteiger partial charge on any atom is -0.379 e. The first-order valence-electron chi connectivity index (χ1n) is 24.2. The molecule has 0 saturated heterocycles. The fraction of sp³-hybridized carbons (Fsp3) is 0.433. The molecular formula is C60H73BN2S. The van der Waals surface area contributed by atoms with Crippen molar-refractivity contribution in [1.29, 1.82) is 0 Å².